The number of hydrogen-bond donors (Lipinski definition) is 2. The number of carbonyl (C=O) groups excluding carboxylic acids is 2. The van der Waals surface area contributed by atoms with Crippen molar-refractivity contribution in [1.29, 1.82) is 0 Å². The number of H-pyrrole nitrogens is 1. The van der Waals surface area contributed by atoms with Gasteiger partial charge in [0.15, 0.2) is 0 Å². The third kappa shape index (κ3) is 4.48. The Balaban J connectivity index is 1.48. The van der Waals surface area contributed by atoms with E-state index in [0.717, 1.165) is 34.3 Å². The van der Waals surface area contributed by atoms with Crippen LogP contribution < -0.4 is 5.32 Å². The van der Waals surface area contributed by atoms with Crippen LogP contribution in [0.25, 0.3) is 22.3 Å². The highest BCUT2D eigenvalue weighted by atomic mass is 16.5. The molecule has 2 N–H and O–H groups in total. The van der Waals surface area contributed by atoms with Gasteiger partial charge in [0.05, 0.1) is 29.7 Å². The molecule has 4 rings (SSSR count). The van der Waals surface area contributed by atoms with Crippen molar-refractivity contribution in [1.82, 2.24) is 9.97 Å². The van der Waals surface area contributed by atoms with Crippen LogP contribution in [0.5, 0.6) is 0 Å². The lowest BCUT2D eigenvalue weighted by Gasteiger charge is -2.10. The Labute approximate surface area is 180 Å². The average molecular weight is 413 g/mol. The normalized spacial score (nSPS) is 10.7. The van der Waals surface area contributed by atoms with E-state index in [2.05, 4.69) is 21.4 Å². The summed E-state index contributed by atoms with van der Waals surface area (Å²) in [6.45, 7) is 0. The number of benzene rings is 2. The Bertz CT molecular complexity index is 1220. The van der Waals surface area contributed by atoms with E-state index in [1.165, 1.54) is 7.11 Å². The standard InChI is InChI=1S/C25H23N3O3/c1-31-25(30)19-10-3-5-13-21(19)27-23(29)15-8-11-18-17-9-2-4-12-20(17)28-24(18)22-14-6-7-16-26-22/h2-7,9-10,12-14,16,28H,8,11,15H2,1H3,(H,27,29). The number of nitrogens with one attached hydrogen (secondary N) is 2. The molecule has 0 bridgehead atoms. The molecule has 0 atom stereocenters. The van der Waals surface area contributed by atoms with Gasteiger partial charge in [-0.1, -0.05) is 36.4 Å². The molecular formula is C25H23N3O3. The number of amides is 1. The number of para-hydroxylation sites is 2. The molecule has 0 saturated heterocycles. The summed E-state index contributed by atoms with van der Waals surface area (Å²) >= 11 is 0. The highest BCUT2D eigenvalue weighted by Crippen LogP contribution is 2.30. The largest absolute Gasteiger partial charge is 0.465 e. The van der Waals surface area contributed by atoms with Gasteiger partial charge in [0, 0.05) is 23.5 Å². The third-order valence-corrected chi connectivity index (χ3v) is 5.17. The first-order chi connectivity index (χ1) is 15.2. The van der Waals surface area contributed by atoms with Gasteiger partial charge >= 0.3 is 5.97 Å². The van der Waals surface area contributed by atoms with E-state index in [4.69, 9.17) is 4.74 Å². The minimum absolute atomic E-state index is 0.143. The molecule has 0 spiro atoms. The summed E-state index contributed by atoms with van der Waals surface area (Å²) in [5.41, 5.74) is 4.86. The first kappa shape index (κ1) is 20.3. The molecule has 156 valence electrons. The fourth-order valence-corrected chi connectivity index (χ4v) is 3.71. The molecule has 0 fully saturated rings. The fraction of sp³-hybridized carbons (Fsp3) is 0.160. The summed E-state index contributed by atoms with van der Waals surface area (Å²) in [4.78, 5) is 32.4. The number of esters is 1. The number of rotatable bonds is 7. The molecule has 2 aromatic heterocycles. The molecule has 0 radical (unpaired) electrons. The number of ether oxygens (including phenoxy) is 1. The van der Waals surface area contributed by atoms with E-state index in [0.29, 0.717) is 24.1 Å². The molecule has 6 nitrogen and oxygen atoms in total. The van der Waals surface area contributed by atoms with Crippen LogP contribution in [0.3, 0.4) is 0 Å². The molecule has 31 heavy (non-hydrogen) atoms. The van der Waals surface area contributed by atoms with Gasteiger partial charge in [-0.15, -0.1) is 0 Å². The van der Waals surface area contributed by atoms with Crippen molar-refractivity contribution in [3.63, 3.8) is 0 Å². The van der Waals surface area contributed by atoms with Gasteiger partial charge in [-0.3, -0.25) is 9.78 Å². The second-order valence-electron chi connectivity index (χ2n) is 7.18. The smallest absolute Gasteiger partial charge is 0.339 e. The van der Waals surface area contributed by atoms with E-state index < -0.39 is 5.97 Å². The highest BCUT2D eigenvalue weighted by molar-refractivity contribution is 6.01. The van der Waals surface area contributed by atoms with E-state index in [1.807, 2.05) is 36.4 Å². The zero-order chi connectivity index (χ0) is 21.6. The maximum atomic E-state index is 12.5. The number of aromatic amines is 1. The van der Waals surface area contributed by atoms with Crippen LogP contribution in [-0.4, -0.2) is 29.0 Å². The zero-order valence-corrected chi connectivity index (χ0v) is 17.2. The van der Waals surface area contributed by atoms with Crippen LogP contribution in [0, 0.1) is 0 Å². The molecular weight excluding hydrogens is 390 g/mol. The number of anilines is 1. The Hall–Kier alpha value is -3.93. The summed E-state index contributed by atoms with van der Waals surface area (Å²) in [5.74, 6) is -0.620. The number of nitrogens with zero attached hydrogens (tertiary/aromatic N) is 1. The predicted molar refractivity (Wildman–Crippen MR) is 121 cm³/mol. The van der Waals surface area contributed by atoms with Crippen molar-refractivity contribution >= 4 is 28.5 Å². The van der Waals surface area contributed by atoms with E-state index in [-0.39, 0.29) is 5.91 Å². The van der Waals surface area contributed by atoms with Crippen LogP contribution in [0.2, 0.25) is 0 Å². The Morgan fingerprint density at radius 2 is 1.77 bits per heavy atom. The quantitative estimate of drug-likeness (QED) is 0.419. The van der Waals surface area contributed by atoms with Gasteiger partial charge in [0.1, 0.15) is 0 Å². The topological polar surface area (TPSA) is 84.1 Å². The van der Waals surface area contributed by atoms with Crippen molar-refractivity contribution in [2.24, 2.45) is 0 Å². The molecule has 2 heterocycles. The summed E-state index contributed by atoms with van der Waals surface area (Å²) < 4.78 is 4.79. The number of aryl methyl sites for hydroxylation is 1. The Kier molecular flexibility index (Phi) is 6.08. The van der Waals surface area contributed by atoms with Gasteiger partial charge < -0.3 is 15.0 Å². The number of fused-ring (bicyclic) bond motifs is 1. The molecule has 6 heteroatoms. The summed E-state index contributed by atoms with van der Waals surface area (Å²) in [5, 5.41) is 3.97. The van der Waals surface area contributed by atoms with Crippen molar-refractivity contribution < 1.29 is 14.3 Å². The number of methoxy groups -OCH3 is 1. The van der Waals surface area contributed by atoms with Crippen molar-refractivity contribution in [3.8, 4) is 11.4 Å². The number of carbonyl (C=O) groups is 2. The van der Waals surface area contributed by atoms with Gasteiger partial charge in [-0.05, 0) is 48.7 Å². The summed E-state index contributed by atoms with van der Waals surface area (Å²) in [7, 11) is 1.32. The van der Waals surface area contributed by atoms with E-state index >= 15 is 0 Å². The molecule has 0 aliphatic heterocycles. The lowest BCUT2D eigenvalue weighted by atomic mass is 10.0. The van der Waals surface area contributed by atoms with E-state index in [9.17, 15) is 9.59 Å². The van der Waals surface area contributed by atoms with Crippen LogP contribution in [0.1, 0.15) is 28.8 Å². The number of hydrogen-bond acceptors (Lipinski definition) is 4. The first-order valence-corrected chi connectivity index (χ1v) is 10.2. The van der Waals surface area contributed by atoms with Crippen LogP contribution in [-0.2, 0) is 16.0 Å². The molecule has 0 aliphatic rings. The number of aromatic nitrogens is 2. The second kappa shape index (κ2) is 9.26. The molecule has 0 aliphatic carbocycles. The van der Waals surface area contributed by atoms with Crippen molar-refractivity contribution in [3.05, 3.63) is 84.1 Å². The van der Waals surface area contributed by atoms with Crippen molar-refractivity contribution in [2.45, 2.75) is 19.3 Å². The van der Waals surface area contributed by atoms with E-state index in [1.54, 1.807) is 30.5 Å². The molecule has 2 aromatic carbocycles. The third-order valence-electron chi connectivity index (χ3n) is 5.17. The first-order valence-electron chi connectivity index (χ1n) is 10.2. The fourth-order valence-electron chi connectivity index (χ4n) is 3.71. The monoisotopic (exact) mass is 413 g/mol. The second-order valence-corrected chi connectivity index (χ2v) is 7.18. The van der Waals surface area contributed by atoms with Crippen molar-refractivity contribution in [2.75, 3.05) is 12.4 Å². The lowest BCUT2D eigenvalue weighted by molar-refractivity contribution is -0.116. The summed E-state index contributed by atoms with van der Waals surface area (Å²) in [6.07, 6.45) is 3.49. The number of pyridine rings is 1. The maximum absolute atomic E-state index is 12.5. The highest BCUT2D eigenvalue weighted by Gasteiger charge is 2.16. The van der Waals surface area contributed by atoms with Gasteiger partial charge in [-0.25, -0.2) is 4.79 Å². The lowest BCUT2D eigenvalue weighted by Crippen LogP contribution is -2.15. The molecule has 0 saturated carbocycles. The minimum atomic E-state index is -0.477. The maximum Gasteiger partial charge on any atom is 0.339 e. The van der Waals surface area contributed by atoms with Gasteiger partial charge in [0.2, 0.25) is 5.91 Å². The van der Waals surface area contributed by atoms with Crippen LogP contribution in [0.4, 0.5) is 5.69 Å². The Morgan fingerprint density at radius 3 is 2.58 bits per heavy atom. The predicted octanol–water partition coefficient (Wildman–Crippen LogP) is 4.98. The molecule has 0 unspecified atom stereocenters. The average Bonchev–Trinajstić information content (AvgIpc) is 3.18. The molecule has 1 amide bonds. The molecule has 4 aromatic rings. The summed E-state index contributed by atoms with van der Waals surface area (Å²) in [6, 6.07) is 20.8. The zero-order valence-electron chi connectivity index (χ0n) is 17.2. The minimum Gasteiger partial charge on any atom is -0.465 e. The Morgan fingerprint density at radius 1 is 1.00 bits per heavy atom. The van der Waals surface area contributed by atoms with Crippen LogP contribution in [0.15, 0.2) is 72.9 Å². The van der Waals surface area contributed by atoms with Crippen LogP contribution >= 0.6 is 0 Å². The SMILES string of the molecule is COC(=O)c1ccccc1NC(=O)CCCc1c(-c2ccccn2)[nH]c2ccccc12. The van der Waals surface area contributed by atoms with Gasteiger partial charge in [0.25, 0.3) is 0 Å². The van der Waals surface area contributed by atoms with Gasteiger partial charge in [-0.2, -0.15) is 0 Å².